The van der Waals surface area contributed by atoms with Gasteiger partial charge in [0, 0.05) is 11.8 Å². The van der Waals surface area contributed by atoms with Gasteiger partial charge in [0.15, 0.2) is 11.5 Å². The molecule has 0 saturated heterocycles. The van der Waals surface area contributed by atoms with Gasteiger partial charge >= 0.3 is 0 Å². The molecule has 1 aromatic carbocycles. The van der Waals surface area contributed by atoms with Crippen molar-refractivity contribution in [2.24, 2.45) is 0 Å². The zero-order valence-electron chi connectivity index (χ0n) is 13.0. The average molecular weight is 340 g/mol. The number of nitrogens with zero attached hydrogens (tertiary/aromatic N) is 1. The summed E-state index contributed by atoms with van der Waals surface area (Å²) in [6.07, 6.45) is 1.55. The van der Waals surface area contributed by atoms with Crippen LogP contribution < -0.4 is 25.3 Å². The molecule has 1 amide bonds. The minimum absolute atomic E-state index is 0. The number of carbonyl (C=O) groups is 1. The first-order valence-corrected chi connectivity index (χ1v) is 6.42. The predicted molar refractivity (Wildman–Crippen MR) is 89.9 cm³/mol. The Morgan fingerprint density at radius 1 is 1.13 bits per heavy atom. The van der Waals surface area contributed by atoms with Crippen LogP contribution in [0.2, 0.25) is 0 Å². The smallest absolute Gasteiger partial charge is 0.256 e. The molecule has 7 nitrogen and oxygen atoms in total. The number of carbonyl (C=O) groups excluding carboxylic acids is 1. The molecule has 8 heteroatoms. The van der Waals surface area contributed by atoms with E-state index >= 15 is 0 Å². The maximum absolute atomic E-state index is 12.4. The van der Waals surface area contributed by atoms with Gasteiger partial charge < -0.3 is 25.3 Å². The minimum atomic E-state index is -0.362. The summed E-state index contributed by atoms with van der Waals surface area (Å²) < 4.78 is 15.7. The third kappa shape index (κ3) is 3.95. The number of amides is 1. The van der Waals surface area contributed by atoms with E-state index in [0.717, 1.165) is 0 Å². The third-order valence-corrected chi connectivity index (χ3v) is 3.01. The number of benzene rings is 1. The number of hydrogen-bond donors (Lipinski definition) is 2. The van der Waals surface area contributed by atoms with Gasteiger partial charge in [0.25, 0.3) is 5.91 Å². The number of anilines is 2. The Morgan fingerprint density at radius 3 is 2.22 bits per heavy atom. The molecule has 2 aromatic rings. The van der Waals surface area contributed by atoms with E-state index in [2.05, 4.69) is 10.3 Å². The van der Waals surface area contributed by atoms with Crippen molar-refractivity contribution < 1.29 is 19.0 Å². The van der Waals surface area contributed by atoms with Crippen molar-refractivity contribution in [1.82, 2.24) is 4.98 Å². The van der Waals surface area contributed by atoms with Crippen LogP contribution in [-0.2, 0) is 0 Å². The Hall–Kier alpha value is -2.67. The molecule has 0 atom stereocenters. The second-order valence-corrected chi connectivity index (χ2v) is 4.30. The van der Waals surface area contributed by atoms with E-state index in [1.54, 1.807) is 30.5 Å². The lowest BCUT2D eigenvalue weighted by Crippen LogP contribution is -2.14. The van der Waals surface area contributed by atoms with Crippen LogP contribution in [0.25, 0.3) is 0 Å². The first-order valence-electron chi connectivity index (χ1n) is 6.42. The van der Waals surface area contributed by atoms with Gasteiger partial charge in [0.2, 0.25) is 5.75 Å². The molecular formula is C15H18ClN3O4. The quantitative estimate of drug-likeness (QED) is 0.868. The van der Waals surface area contributed by atoms with Gasteiger partial charge in [-0.25, -0.2) is 4.98 Å². The number of rotatable bonds is 5. The lowest BCUT2D eigenvalue weighted by Gasteiger charge is -2.14. The molecule has 1 aromatic heterocycles. The van der Waals surface area contributed by atoms with Gasteiger partial charge in [-0.15, -0.1) is 12.4 Å². The Morgan fingerprint density at radius 2 is 1.74 bits per heavy atom. The van der Waals surface area contributed by atoms with Crippen molar-refractivity contribution in [2.75, 3.05) is 32.4 Å². The highest BCUT2D eigenvalue weighted by Gasteiger charge is 2.17. The highest BCUT2D eigenvalue weighted by molar-refractivity contribution is 6.06. The van der Waals surface area contributed by atoms with E-state index in [4.69, 9.17) is 19.9 Å². The Labute approximate surface area is 140 Å². The van der Waals surface area contributed by atoms with Gasteiger partial charge in [-0.2, -0.15) is 0 Å². The zero-order valence-corrected chi connectivity index (χ0v) is 13.8. The number of methoxy groups -OCH3 is 3. The second kappa shape index (κ2) is 8.09. The molecule has 0 radical (unpaired) electrons. The molecule has 124 valence electrons. The Balaban J connectivity index is 0.00000264. The van der Waals surface area contributed by atoms with E-state index < -0.39 is 0 Å². The molecule has 0 aliphatic heterocycles. The lowest BCUT2D eigenvalue weighted by atomic mass is 10.1. The van der Waals surface area contributed by atoms with E-state index in [1.165, 1.54) is 21.3 Å². The van der Waals surface area contributed by atoms with Crippen molar-refractivity contribution in [3.05, 3.63) is 36.0 Å². The molecule has 1 heterocycles. The van der Waals surface area contributed by atoms with Crippen LogP contribution in [0, 0.1) is 0 Å². The fraction of sp³-hybridized carbons (Fsp3) is 0.200. The highest BCUT2D eigenvalue weighted by Crippen LogP contribution is 2.38. The SMILES string of the molecule is COc1cc(C(=O)Nc2cccnc2N)cc(OC)c1OC.Cl. The van der Waals surface area contributed by atoms with Crippen LogP contribution in [0.1, 0.15) is 10.4 Å². The van der Waals surface area contributed by atoms with E-state index in [-0.39, 0.29) is 24.1 Å². The summed E-state index contributed by atoms with van der Waals surface area (Å²) in [7, 11) is 4.46. The summed E-state index contributed by atoms with van der Waals surface area (Å²) in [5.74, 6) is 1.09. The molecule has 0 bridgehead atoms. The number of hydrogen-bond acceptors (Lipinski definition) is 6. The monoisotopic (exact) mass is 339 g/mol. The number of ether oxygens (including phenoxy) is 3. The van der Waals surface area contributed by atoms with Gasteiger partial charge in [-0.05, 0) is 24.3 Å². The van der Waals surface area contributed by atoms with Gasteiger partial charge in [0.1, 0.15) is 5.82 Å². The summed E-state index contributed by atoms with van der Waals surface area (Å²) >= 11 is 0. The van der Waals surface area contributed by atoms with Crippen LogP contribution in [0.3, 0.4) is 0 Å². The van der Waals surface area contributed by atoms with Crippen molar-refractivity contribution >= 4 is 29.8 Å². The van der Waals surface area contributed by atoms with Crippen LogP contribution in [0.5, 0.6) is 17.2 Å². The molecule has 0 aliphatic carbocycles. The van der Waals surface area contributed by atoms with Gasteiger partial charge in [0.05, 0.1) is 27.0 Å². The van der Waals surface area contributed by atoms with Crippen molar-refractivity contribution in [3.63, 3.8) is 0 Å². The fourth-order valence-corrected chi connectivity index (χ4v) is 1.93. The molecule has 2 rings (SSSR count). The largest absolute Gasteiger partial charge is 0.493 e. The van der Waals surface area contributed by atoms with Crippen LogP contribution in [0.15, 0.2) is 30.5 Å². The number of nitrogen functional groups attached to an aromatic ring is 1. The summed E-state index contributed by atoms with van der Waals surface area (Å²) in [5.41, 5.74) is 6.49. The molecule has 0 saturated carbocycles. The van der Waals surface area contributed by atoms with E-state index in [1.807, 2.05) is 0 Å². The van der Waals surface area contributed by atoms with Crippen molar-refractivity contribution in [1.29, 1.82) is 0 Å². The second-order valence-electron chi connectivity index (χ2n) is 4.30. The zero-order chi connectivity index (χ0) is 16.1. The van der Waals surface area contributed by atoms with E-state index in [9.17, 15) is 4.79 Å². The molecular weight excluding hydrogens is 322 g/mol. The highest BCUT2D eigenvalue weighted by atomic mass is 35.5. The summed E-state index contributed by atoms with van der Waals surface area (Å²) in [4.78, 5) is 16.3. The first-order chi connectivity index (χ1) is 10.6. The third-order valence-electron chi connectivity index (χ3n) is 3.01. The Bertz CT molecular complexity index is 669. The minimum Gasteiger partial charge on any atom is -0.493 e. The maximum atomic E-state index is 12.4. The van der Waals surface area contributed by atoms with Crippen LogP contribution in [0.4, 0.5) is 11.5 Å². The van der Waals surface area contributed by atoms with Crippen molar-refractivity contribution in [3.8, 4) is 17.2 Å². The van der Waals surface area contributed by atoms with Gasteiger partial charge in [-0.3, -0.25) is 4.79 Å². The van der Waals surface area contributed by atoms with Crippen LogP contribution >= 0.6 is 12.4 Å². The lowest BCUT2D eigenvalue weighted by molar-refractivity contribution is 0.102. The number of halogens is 1. The number of pyridine rings is 1. The normalized spacial score (nSPS) is 9.52. The average Bonchev–Trinajstić information content (AvgIpc) is 2.55. The summed E-state index contributed by atoms with van der Waals surface area (Å²) in [6.45, 7) is 0. The van der Waals surface area contributed by atoms with E-state index in [0.29, 0.717) is 28.5 Å². The number of aromatic nitrogens is 1. The van der Waals surface area contributed by atoms with Crippen molar-refractivity contribution in [2.45, 2.75) is 0 Å². The number of nitrogens with two attached hydrogens (primary N) is 1. The molecule has 3 N–H and O–H groups in total. The van der Waals surface area contributed by atoms with Crippen LogP contribution in [-0.4, -0.2) is 32.2 Å². The molecule has 0 fully saturated rings. The topological polar surface area (TPSA) is 95.7 Å². The molecule has 0 unspecified atom stereocenters. The standard InChI is InChI=1S/C15H17N3O4.ClH/c1-20-11-7-9(8-12(21-2)13(11)22-3)15(19)18-10-5-4-6-17-14(10)16;/h4-8H,1-3H3,(H2,16,17)(H,18,19);1H. The maximum Gasteiger partial charge on any atom is 0.256 e. The first kappa shape index (κ1) is 18.4. The van der Waals surface area contributed by atoms with Gasteiger partial charge in [-0.1, -0.05) is 0 Å². The summed E-state index contributed by atoms with van der Waals surface area (Å²) in [6, 6.07) is 6.46. The number of nitrogens with one attached hydrogen (secondary N) is 1. The fourth-order valence-electron chi connectivity index (χ4n) is 1.93. The molecule has 23 heavy (non-hydrogen) atoms. The Kier molecular flexibility index (Phi) is 6.47. The molecule has 0 spiro atoms. The summed E-state index contributed by atoms with van der Waals surface area (Å²) in [5, 5.41) is 2.69. The predicted octanol–water partition coefficient (Wildman–Crippen LogP) is 2.36. The molecule has 0 aliphatic rings.